The number of likely N-dealkylation sites (tertiary alicyclic amines) is 2. The van der Waals surface area contributed by atoms with Gasteiger partial charge in [-0.1, -0.05) is 6.07 Å². The van der Waals surface area contributed by atoms with Crippen molar-refractivity contribution in [1.29, 1.82) is 0 Å². The van der Waals surface area contributed by atoms with Crippen molar-refractivity contribution in [3.8, 4) is 11.1 Å². The highest BCUT2D eigenvalue weighted by Crippen LogP contribution is 2.32. The van der Waals surface area contributed by atoms with Crippen LogP contribution in [0.4, 0.5) is 5.82 Å². The molecule has 4 aromatic rings. The second-order valence-corrected chi connectivity index (χ2v) is 10.5. The fraction of sp³-hybridized carbons (Fsp3) is 0.429. The first-order valence-electron chi connectivity index (χ1n) is 13.2. The van der Waals surface area contributed by atoms with Crippen LogP contribution in [-0.2, 0) is 0 Å². The van der Waals surface area contributed by atoms with Gasteiger partial charge in [0.05, 0.1) is 11.1 Å². The lowest BCUT2D eigenvalue weighted by Gasteiger charge is -2.30. The lowest BCUT2D eigenvalue weighted by Crippen LogP contribution is -2.43. The van der Waals surface area contributed by atoms with E-state index in [0.29, 0.717) is 11.6 Å². The molecule has 37 heavy (non-hydrogen) atoms. The van der Waals surface area contributed by atoms with E-state index < -0.39 is 0 Å². The number of fused-ring (bicyclic) bond motifs is 2. The maximum absolute atomic E-state index is 13.0. The molecule has 6 rings (SSSR count). The monoisotopic (exact) mass is 498 g/mol. The average Bonchev–Trinajstić information content (AvgIpc) is 3.34. The fourth-order valence-corrected chi connectivity index (χ4v) is 5.47. The van der Waals surface area contributed by atoms with Crippen LogP contribution in [0.2, 0.25) is 0 Å². The first-order chi connectivity index (χ1) is 18.0. The molecule has 2 saturated heterocycles. The Hall–Kier alpha value is -3.56. The van der Waals surface area contributed by atoms with E-state index in [2.05, 4.69) is 66.6 Å². The molecule has 3 N–H and O–H groups in total. The quantitative estimate of drug-likeness (QED) is 0.387. The molecule has 192 valence electrons. The van der Waals surface area contributed by atoms with Gasteiger partial charge in [0.2, 0.25) is 0 Å². The summed E-state index contributed by atoms with van der Waals surface area (Å²) < 4.78 is 0. The van der Waals surface area contributed by atoms with E-state index in [0.717, 1.165) is 90.7 Å². The van der Waals surface area contributed by atoms with Crippen LogP contribution in [0.5, 0.6) is 0 Å². The number of carbonyl (C=O) groups is 1. The maximum atomic E-state index is 13.0. The van der Waals surface area contributed by atoms with E-state index in [-0.39, 0.29) is 11.9 Å². The van der Waals surface area contributed by atoms with Crippen molar-refractivity contribution in [3.05, 3.63) is 48.5 Å². The maximum Gasteiger partial charge on any atom is 0.253 e. The van der Waals surface area contributed by atoms with Gasteiger partial charge in [0.25, 0.3) is 5.91 Å². The Morgan fingerprint density at radius 3 is 2.41 bits per heavy atom. The fourth-order valence-electron chi connectivity index (χ4n) is 5.47. The van der Waals surface area contributed by atoms with Crippen molar-refractivity contribution in [2.45, 2.75) is 37.8 Å². The highest BCUT2D eigenvalue weighted by Gasteiger charge is 2.21. The van der Waals surface area contributed by atoms with Crippen LogP contribution < -0.4 is 10.6 Å². The Balaban J connectivity index is 1.28. The van der Waals surface area contributed by atoms with Gasteiger partial charge in [-0.15, -0.1) is 0 Å². The third kappa shape index (κ3) is 5.01. The van der Waals surface area contributed by atoms with Gasteiger partial charge < -0.3 is 25.4 Å². The molecule has 0 spiro atoms. The summed E-state index contributed by atoms with van der Waals surface area (Å²) in [6, 6.07) is 8.81. The Morgan fingerprint density at radius 1 is 0.919 bits per heavy atom. The minimum atomic E-state index is -0.0624. The second kappa shape index (κ2) is 10.1. The SMILES string of the molecule is CN1CCC(NC(=O)c2cnc3[nH]cc(-c4ccc5ncnc(NC6CCN(C)CC6)c5c4)c3c2)CC1. The van der Waals surface area contributed by atoms with E-state index in [4.69, 9.17) is 0 Å². The number of nitrogens with zero attached hydrogens (tertiary/aromatic N) is 5. The topological polar surface area (TPSA) is 102 Å². The van der Waals surface area contributed by atoms with E-state index >= 15 is 0 Å². The summed E-state index contributed by atoms with van der Waals surface area (Å²) in [5.41, 5.74) is 4.30. The number of carbonyl (C=O) groups excluding carboxylic acids is 1. The van der Waals surface area contributed by atoms with Gasteiger partial charge in [-0.25, -0.2) is 15.0 Å². The average molecular weight is 499 g/mol. The zero-order chi connectivity index (χ0) is 25.4. The van der Waals surface area contributed by atoms with Crippen molar-refractivity contribution in [3.63, 3.8) is 0 Å². The van der Waals surface area contributed by atoms with E-state index in [1.54, 1.807) is 12.5 Å². The molecule has 5 heterocycles. The number of anilines is 1. The number of nitrogens with one attached hydrogen (secondary N) is 3. The van der Waals surface area contributed by atoms with Crippen molar-refractivity contribution in [2.24, 2.45) is 0 Å². The van der Waals surface area contributed by atoms with Gasteiger partial charge in [0.1, 0.15) is 17.8 Å². The van der Waals surface area contributed by atoms with Gasteiger partial charge in [0.15, 0.2) is 0 Å². The number of pyridine rings is 1. The summed E-state index contributed by atoms with van der Waals surface area (Å²) in [7, 11) is 4.29. The van der Waals surface area contributed by atoms with Crippen LogP contribution in [0.3, 0.4) is 0 Å². The molecule has 0 saturated carbocycles. The predicted octanol–water partition coefficient (Wildman–Crippen LogP) is 3.50. The van der Waals surface area contributed by atoms with Crippen molar-refractivity contribution < 1.29 is 4.79 Å². The second-order valence-electron chi connectivity index (χ2n) is 10.5. The molecule has 3 aromatic heterocycles. The number of H-pyrrole nitrogens is 1. The molecule has 0 unspecified atom stereocenters. The van der Waals surface area contributed by atoms with E-state index in [1.807, 2.05) is 18.3 Å². The summed E-state index contributed by atoms with van der Waals surface area (Å²) in [4.78, 5) is 34.6. The zero-order valence-corrected chi connectivity index (χ0v) is 21.5. The van der Waals surface area contributed by atoms with Crippen LogP contribution in [0.1, 0.15) is 36.0 Å². The molecule has 0 aliphatic carbocycles. The summed E-state index contributed by atoms with van der Waals surface area (Å²) >= 11 is 0. The van der Waals surface area contributed by atoms with Gasteiger partial charge in [-0.2, -0.15) is 0 Å². The number of piperidine rings is 2. The molecular formula is C28H34N8O. The molecule has 2 aliphatic heterocycles. The van der Waals surface area contributed by atoms with Gasteiger partial charge in [-0.05, 0) is 89.7 Å². The molecule has 1 amide bonds. The Bertz CT molecular complexity index is 1420. The van der Waals surface area contributed by atoms with E-state index in [1.165, 1.54) is 0 Å². The lowest BCUT2D eigenvalue weighted by atomic mass is 10.0. The number of aromatic amines is 1. The number of benzene rings is 1. The van der Waals surface area contributed by atoms with Gasteiger partial charge >= 0.3 is 0 Å². The van der Waals surface area contributed by atoms with Crippen molar-refractivity contribution >= 4 is 33.7 Å². The lowest BCUT2D eigenvalue weighted by molar-refractivity contribution is 0.0916. The number of hydrogen-bond acceptors (Lipinski definition) is 7. The molecule has 9 heteroatoms. The molecule has 0 radical (unpaired) electrons. The summed E-state index contributed by atoms with van der Waals surface area (Å²) in [6.07, 6.45) is 9.39. The van der Waals surface area contributed by atoms with Crippen LogP contribution >= 0.6 is 0 Å². The zero-order valence-electron chi connectivity index (χ0n) is 21.5. The Morgan fingerprint density at radius 2 is 1.65 bits per heavy atom. The Labute approximate surface area is 216 Å². The van der Waals surface area contributed by atoms with Crippen LogP contribution in [0, 0.1) is 0 Å². The number of amides is 1. The first kappa shape index (κ1) is 23.8. The smallest absolute Gasteiger partial charge is 0.253 e. The molecule has 1 aromatic carbocycles. The van der Waals surface area contributed by atoms with Crippen LogP contribution in [0.25, 0.3) is 33.1 Å². The summed E-state index contributed by atoms with van der Waals surface area (Å²) in [5, 5.41) is 8.79. The van der Waals surface area contributed by atoms with Gasteiger partial charge in [-0.3, -0.25) is 4.79 Å². The molecular weight excluding hydrogens is 464 g/mol. The van der Waals surface area contributed by atoms with Gasteiger partial charge in [0, 0.05) is 40.8 Å². The number of rotatable bonds is 5. The third-order valence-corrected chi connectivity index (χ3v) is 7.85. The minimum absolute atomic E-state index is 0.0624. The van der Waals surface area contributed by atoms with E-state index in [9.17, 15) is 4.79 Å². The van der Waals surface area contributed by atoms with Crippen molar-refractivity contribution in [1.82, 2.24) is 35.1 Å². The highest BCUT2D eigenvalue weighted by atomic mass is 16.1. The molecule has 2 aliphatic rings. The summed E-state index contributed by atoms with van der Waals surface area (Å²) in [6.45, 7) is 4.18. The number of aromatic nitrogens is 4. The largest absolute Gasteiger partial charge is 0.367 e. The number of hydrogen-bond donors (Lipinski definition) is 3. The third-order valence-electron chi connectivity index (χ3n) is 7.85. The standard InChI is InChI=1S/C28H34N8O/c1-35-9-5-20(6-10-35)33-27-23-13-18(3-4-25(23)31-17-32-27)24-16-30-26-22(24)14-19(15-29-26)28(37)34-21-7-11-36(2)12-8-21/h3-4,13-17,20-21H,5-12H2,1-2H3,(H,29,30)(H,34,37)(H,31,32,33). The molecule has 9 nitrogen and oxygen atoms in total. The Kier molecular flexibility index (Phi) is 6.48. The summed E-state index contributed by atoms with van der Waals surface area (Å²) in [5.74, 6) is 0.810. The minimum Gasteiger partial charge on any atom is -0.367 e. The predicted molar refractivity (Wildman–Crippen MR) is 147 cm³/mol. The highest BCUT2D eigenvalue weighted by molar-refractivity contribution is 6.02. The normalized spacial score (nSPS) is 18.4. The first-order valence-corrected chi connectivity index (χ1v) is 13.2. The van der Waals surface area contributed by atoms with Crippen molar-refractivity contribution in [2.75, 3.05) is 45.6 Å². The van der Waals surface area contributed by atoms with Crippen LogP contribution in [-0.4, -0.2) is 88.0 Å². The molecule has 0 atom stereocenters. The molecule has 2 fully saturated rings. The molecule has 0 bridgehead atoms. The van der Waals surface area contributed by atoms with Crippen LogP contribution in [0.15, 0.2) is 43.0 Å².